The number of nitrogens with zero attached hydrogens (tertiary/aromatic N) is 2. The molecule has 2 aromatic rings. The average molecular weight is 445 g/mol. The number of hydrogen-bond acceptors (Lipinski definition) is 3. The third kappa shape index (κ3) is 4.05. The average Bonchev–Trinajstić information content (AvgIpc) is 3.04. The second kappa shape index (κ2) is 8.57. The summed E-state index contributed by atoms with van der Waals surface area (Å²) in [6, 6.07) is 5.31. The van der Waals surface area contributed by atoms with E-state index in [1.165, 1.54) is 28.9 Å². The molecular weight excluding hydrogens is 421 g/mol. The van der Waals surface area contributed by atoms with Crippen LogP contribution in [0.4, 0.5) is 22.0 Å². The zero-order chi connectivity index (χ0) is 23.0. The normalized spacial score (nSPS) is 20.3. The molecule has 3 N–H and O–H groups in total. The molecule has 1 aromatic heterocycles. The molecule has 1 saturated carbocycles. The Morgan fingerprint density at radius 1 is 1.29 bits per heavy atom. The molecule has 5 nitrogen and oxygen atoms in total. The van der Waals surface area contributed by atoms with Gasteiger partial charge in [-0.05, 0) is 37.1 Å². The maximum absolute atomic E-state index is 14.3. The predicted octanol–water partition coefficient (Wildman–Crippen LogP) is 3.88. The number of aliphatic hydroxyl groups excluding tert-OH is 1. The highest BCUT2D eigenvalue weighted by molar-refractivity contribution is 5.83. The molecule has 1 aromatic carbocycles. The molecular formula is C21H24F5N3O2. The van der Waals surface area contributed by atoms with Crippen molar-refractivity contribution in [2.45, 2.75) is 56.9 Å². The van der Waals surface area contributed by atoms with Gasteiger partial charge >= 0.3 is 11.8 Å². The van der Waals surface area contributed by atoms with E-state index in [0.29, 0.717) is 29.7 Å². The van der Waals surface area contributed by atoms with Gasteiger partial charge in [-0.25, -0.2) is 4.39 Å². The van der Waals surface area contributed by atoms with E-state index >= 15 is 0 Å². The Kier molecular flexibility index (Phi) is 6.40. The number of aromatic nitrogens is 2. The molecule has 0 radical (unpaired) electrons. The summed E-state index contributed by atoms with van der Waals surface area (Å²) in [5, 5.41) is 13.8. The number of carbonyl (C=O) groups is 1. The lowest BCUT2D eigenvalue weighted by atomic mass is 9.67. The number of carbonyl (C=O) groups excluding carboxylic acids is 1. The van der Waals surface area contributed by atoms with E-state index < -0.39 is 48.4 Å². The quantitative estimate of drug-likeness (QED) is 0.575. The summed E-state index contributed by atoms with van der Waals surface area (Å²) < 4.78 is 70.3. The van der Waals surface area contributed by atoms with Gasteiger partial charge in [-0.15, -0.1) is 0 Å². The van der Waals surface area contributed by atoms with Crippen LogP contribution in [0.1, 0.15) is 43.4 Å². The number of primary amides is 1. The van der Waals surface area contributed by atoms with Crippen LogP contribution in [0.2, 0.25) is 0 Å². The Morgan fingerprint density at radius 2 is 1.94 bits per heavy atom. The first kappa shape index (κ1) is 23.2. The maximum Gasteiger partial charge on any atom is 0.314 e. The van der Waals surface area contributed by atoms with E-state index in [4.69, 9.17) is 5.73 Å². The number of rotatable bonds is 9. The lowest BCUT2D eigenvalue weighted by Crippen LogP contribution is -2.62. The van der Waals surface area contributed by atoms with Gasteiger partial charge < -0.3 is 10.8 Å². The van der Waals surface area contributed by atoms with Crippen LogP contribution in [0.15, 0.2) is 24.3 Å². The van der Waals surface area contributed by atoms with Crippen molar-refractivity contribution in [2.24, 2.45) is 11.7 Å². The van der Waals surface area contributed by atoms with E-state index in [0.717, 1.165) is 6.42 Å². The zero-order valence-electron chi connectivity index (χ0n) is 16.9. The highest BCUT2D eigenvalue weighted by atomic mass is 19.3. The van der Waals surface area contributed by atoms with Crippen molar-refractivity contribution in [3.63, 3.8) is 0 Å². The number of nitrogens with two attached hydrogens (primary N) is 1. The molecule has 3 rings (SSSR count). The van der Waals surface area contributed by atoms with Crippen molar-refractivity contribution in [3.8, 4) is 11.3 Å². The fourth-order valence-electron chi connectivity index (χ4n) is 4.10. The van der Waals surface area contributed by atoms with Gasteiger partial charge in [-0.1, -0.05) is 13.3 Å². The summed E-state index contributed by atoms with van der Waals surface area (Å²) in [6.07, 6.45) is 0.473. The summed E-state index contributed by atoms with van der Waals surface area (Å²) in [6.45, 7) is 1.34. The van der Waals surface area contributed by atoms with Crippen LogP contribution in [0.25, 0.3) is 11.3 Å². The van der Waals surface area contributed by atoms with Gasteiger partial charge in [0.15, 0.2) is 0 Å². The molecule has 0 spiro atoms. The predicted molar refractivity (Wildman–Crippen MR) is 103 cm³/mol. The van der Waals surface area contributed by atoms with Crippen molar-refractivity contribution < 1.29 is 31.9 Å². The molecule has 1 aliphatic carbocycles. The molecule has 0 bridgehead atoms. The highest BCUT2D eigenvalue weighted by Crippen LogP contribution is 2.60. The summed E-state index contributed by atoms with van der Waals surface area (Å²) in [7, 11) is 0. The van der Waals surface area contributed by atoms with Gasteiger partial charge in [0, 0.05) is 17.5 Å². The fourth-order valence-corrected chi connectivity index (χ4v) is 4.10. The smallest absolute Gasteiger partial charge is 0.314 e. The second-order valence-corrected chi connectivity index (χ2v) is 7.79. The van der Waals surface area contributed by atoms with Crippen LogP contribution < -0.4 is 5.73 Å². The minimum Gasteiger partial charge on any atom is -0.394 e. The standard InChI is InChI=1S/C21H24F5N3O2/c1-2-3-4-14-17(12-5-7-13(22)8-6-12)28-29(9-10-30)18(14)16(19(27)31)15-11-20(23,24)21(15,25)26/h5-8,15-16,30H,2-4,9-11H2,1H3,(H2,27,31). The summed E-state index contributed by atoms with van der Waals surface area (Å²) in [4.78, 5) is 12.3. The lowest BCUT2D eigenvalue weighted by Gasteiger charge is -2.46. The Bertz CT molecular complexity index is 943. The van der Waals surface area contributed by atoms with Crippen molar-refractivity contribution in [3.05, 3.63) is 41.3 Å². The van der Waals surface area contributed by atoms with Crippen molar-refractivity contribution >= 4 is 5.91 Å². The van der Waals surface area contributed by atoms with Crippen LogP contribution in [0.5, 0.6) is 0 Å². The molecule has 31 heavy (non-hydrogen) atoms. The number of aliphatic hydroxyl groups is 1. The summed E-state index contributed by atoms with van der Waals surface area (Å²) in [5.74, 6) is -14.0. The molecule has 0 aliphatic heterocycles. The van der Waals surface area contributed by atoms with Gasteiger partial charge in [0.25, 0.3) is 0 Å². The molecule has 1 aliphatic rings. The van der Waals surface area contributed by atoms with Crippen molar-refractivity contribution in [1.82, 2.24) is 9.78 Å². The number of halogens is 5. The molecule has 1 amide bonds. The van der Waals surface area contributed by atoms with E-state index in [1.54, 1.807) is 0 Å². The van der Waals surface area contributed by atoms with Gasteiger partial charge in [0.2, 0.25) is 5.91 Å². The third-order valence-corrected chi connectivity index (χ3v) is 5.74. The second-order valence-electron chi connectivity index (χ2n) is 7.79. The van der Waals surface area contributed by atoms with E-state index in [1.807, 2.05) is 6.92 Å². The van der Waals surface area contributed by atoms with Crippen LogP contribution >= 0.6 is 0 Å². The molecule has 10 heteroatoms. The molecule has 170 valence electrons. The Hall–Kier alpha value is -2.49. The summed E-state index contributed by atoms with van der Waals surface area (Å²) in [5.41, 5.74) is 6.66. The van der Waals surface area contributed by atoms with E-state index in [2.05, 4.69) is 5.10 Å². The van der Waals surface area contributed by atoms with Crippen molar-refractivity contribution in [2.75, 3.05) is 6.61 Å². The lowest BCUT2D eigenvalue weighted by molar-refractivity contribution is -0.316. The Balaban J connectivity index is 2.20. The number of alkyl halides is 4. The molecule has 2 unspecified atom stereocenters. The van der Waals surface area contributed by atoms with Crippen molar-refractivity contribution in [1.29, 1.82) is 0 Å². The molecule has 0 saturated heterocycles. The van der Waals surface area contributed by atoms with Gasteiger partial charge in [0.05, 0.1) is 36.4 Å². The van der Waals surface area contributed by atoms with Crippen LogP contribution in [0, 0.1) is 11.7 Å². The number of hydrogen-bond donors (Lipinski definition) is 2. The first-order valence-corrected chi connectivity index (χ1v) is 10.1. The molecule has 2 atom stereocenters. The third-order valence-electron chi connectivity index (χ3n) is 5.74. The monoisotopic (exact) mass is 445 g/mol. The van der Waals surface area contributed by atoms with E-state index in [9.17, 15) is 31.9 Å². The zero-order valence-corrected chi connectivity index (χ0v) is 16.9. The maximum atomic E-state index is 14.3. The van der Waals surface area contributed by atoms with Gasteiger partial charge in [-0.2, -0.15) is 22.7 Å². The first-order valence-electron chi connectivity index (χ1n) is 10.1. The highest BCUT2D eigenvalue weighted by Gasteiger charge is 2.74. The van der Waals surface area contributed by atoms with Crippen LogP contribution in [-0.2, 0) is 17.8 Å². The number of amides is 1. The Morgan fingerprint density at radius 3 is 2.42 bits per heavy atom. The first-order chi connectivity index (χ1) is 14.5. The molecule has 1 fully saturated rings. The minimum absolute atomic E-state index is 0.00880. The number of unbranched alkanes of at least 4 members (excludes halogenated alkanes) is 1. The van der Waals surface area contributed by atoms with E-state index in [-0.39, 0.29) is 12.2 Å². The fraction of sp³-hybridized carbons (Fsp3) is 0.524. The Labute approximate surface area is 176 Å². The van der Waals surface area contributed by atoms with Crippen LogP contribution in [0.3, 0.4) is 0 Å². The van der Waals surface area contributed by atoms with Gasteiger partial charge in [0.1, 0.15) is 5.82 Å². The molecule has 1 heterocycles. The van der Waals surface area contributed by atoms with Crippen LogP contribution in [-0.4, -0.2) is 39.2 Å². The SMILES string of the molecule is CCCCc1c(-c2ccc(F)cc2)nn(CCO)c1C(C(N)=O)C1CC(F)(F)C1(F)F. The largest absolute Gasteiger partial charge is 0.394 e. The topological polar surface area (TPSA) is 81.1 Å². The summed E-state index contributed by atoms with van der Waals surface area (Å²) >= 11 is 0. The number of benzene rings is 1. The van der Waals surface area contributed by atoms with Gasteiger partial charge in [-0.3, -0.25) is 9.48 Å². The minimum atomic E-state index is -4.40.